The molecule has 2 aromatic heterocycles. The normalized spacial score (nSPS) is 20.8. The van der Waals surface area contributed by atoms with Crippen molar-refractivity contribution in [2.24, 2.45) is 0 Å². The van der Waals surface area contributed by atoms with Gasteiger partial charge in [0.05, 0.1) is 11.8 Å². The third-order valence-electron chi connectivity index (χ3n) is 4.41. The molecule has 3 heterocycles. The summed E-state index contributed by atoms with van der Waals surface area (Å²) in [5.41, 5.74) is 1.10. The van der Waals surface area contributed by atoms with Crippen molar-refractivity contribution in [2.45, 2.75) is 44.4 Å². The van der Waals surface area contributed by atoms with Gasteiger partial charge < -0.3 is 9.26 Å². The molecule has 4 rings (SSSR count). The van der Waals surface area contributed by atoms with Gasteiger partial charge in [-0.1, -0.05) is 11.2 Å². The maximum atomic E-state index is 5.84. The SMILES string of the molecule is CC(c1ccccn1)N1CC(OCc2nc(C3CC3)no2)C1. The maximum Gasteiger partial charge on any atom is 0.252 e. The third kappa shape index (κ3) is 2.89. The fourth-order valence-electron chi connectivity index (χ4n) is 2.72. The highest BCUT2D eigenvalue weighted by atomic mass is 16.5. The molecule has 0 spiro atoms. The quantitative estimate of drug-likeness (QED) is 0.815. The molecule has 0 radical (unpaired) electrons. The van der Waals surface area contributed by atoms with Crippen LogP contribution >= 0.6 is 0 Å². The van der Waals surface area contributed by atoms with Crippen molar-refractivity contribution in [1.82, 2.24) is 20.0 Å². The molecule has 1 saturated heterocycles. The van der Waals surface area contributed by atoms with E-state index in [0.717, 1.165) is 24.6 Å². The molecular formula is C16H20N4O2. The molecule has 0 amide bonds. The first kappa shape index (κ1) is 13.8. The average molecular weight is 300 g/mol. The number of ether oxygens (including phenoxy) is 1. The fourth-order valence-corrected chi connectivity index (χ4v) is 2.72. The van der Waals surface area contributed by atoms with Gasteiger partial charge in [-0.25, -0.2) is 0 Å². The van der Waals surface area contributed by atoms with Crippen LogP contribution < -0.4 is 0 Å². The van der Waals surface area contributed by atoms with E-state index in [1.165, 1.54) is 12.8 Å². The topological polar surface area (TPSA) is 64.3 Å². The molecule has 2 aliphatic rings. The zero-order valence-electron chi connectivity index (χ0n) is 12.7. The minimum Gasteiger partial charge on any atom is -0.366 e. The van der Waals surface area contributed by atoms with Crippen molar-refractivity contribution in [2.75, 3.05) is 13.1 Å². The van der Waals surface area contributed by atoms with E-state index in [1.807, 2.05) is 18.3 Å². The Morgan fingerprint density at radius 1 is 1.36 bits per heavy atom. The summed E-state index contributed by atoms with van der Waals surface area (Å²) in [5.74, 6) is 1.96. The number of likely N-dealkylation sites (tertiary alicyclic amines) is 1. The highest BCUT2D eigenvalue weighted by Gasteiger charge is 2.33. The molecule has 0 bridgehead atoms. The van der Waals surface area contributed by atoms with Crippen LogP contribution in [0, 0.1) is 0 Å². The highest BCUT2D eigenvalue weighted by molar-refractivity contribution is 5.09. The Labute approximate surface area is 129 Å². The summed E-state index contributed by atoms with van der Waals surface area (Å²) in [6, 6.07) is 6.36. The number of nitrogens with zero attached hydrogens (tertiary/aromatic N) is 4. The van der Waals surface area contributed by atoms with Crippen molar-refractivity contribution < 1.29 is 9.26 Å². The summed E-state index contributed by atoms with van der Waals surface area (Å²) >= 11 is 0. The molecule has 0 N–H and O–H groups in total. The first-order valence-corrected chi connectivity index (χ1v) is 7.88. The van der Waals surface area contributed by atoms with Gasteiger partial charge in [0.2, 0.25) is 0 Å². The highest BCUT2D eigenvalue weighted by Crippen LogP contribution is 2.38. The van der Waals surface area contributed by atoms with Crippen molar-refractivity contribution in [3.8, 4) is 0 Å². The number of aromatic nitrogens is 3. The van der Waals surface area contributed by atoms with E-state index >= 15 is 0 Å². The van der Waals surface area contributed by atoms with Gasteiger partial charge in [0.1, 0.15) is 6.61 Å². The lowest BCUT2D eigenvalue weighted by Crippen LogP contribution is -2.52. The Kier molecular flexibility index (Phi) is 3.63. The standard InChI is InChI=1S/C16H20N4O2/c1-11(14-4-2-3-7-17-14)20-8-13(9-20)21-10-15-18-16(19-22-15)12-5-6-12/h2-4,7,11-13H,5-6,8-10H2,1H3. The molecule has 1 atom stereocenters. The Morgan fingerprint density at radius 2 is 2.23 bits per heavy atom. The number of hydrogen-bond donors (Lipinski definition) is 0. The van der Waals surface area contributed by atoms with Gasteiger partial charge in [-0.3, -0.25) is 9.88 Å². The average Bonchev–Trinajstić information content (AvgIpc) is 3.26. The minimum absolute atomic E-state index is 0.238. The Bertz CT molecular complexity index is 620. The lowest BCUT2D eigenvalue weighted by atomic mass is 10.1. The van der Waals surface area contributed by atoms with Crippen LogP contribution in [0.1, 0.15) is 49.1 Å². The summed E-state index contributed by atoms with van der Waals surface area (Å²) in [6.07, 6.45) is 4.44. The molecule has 1 saturated carbocycles. The van der Waals surface area contributed by atoms with Gasteiger partial charge in [0.25, 0.3) is 5.89 Å². The van der Waals surface area contributed by atoms with Crippen LogP contribution in [-0.4, -0.2) is 39.2 Å². The first-order chi connectivity index (χ1) is 10.8. The zero-order chi connectivity index (χ0) is 14.9. The van der Waals surface area contributed by atoms with Crippen LogP contribution in [0.4, 0.5) is 0 Å². The second-order valence-electron chi connectivity index (χ2n) is 6.14. The Balaban J connectivity index is 1.23. The van der Waals surface area contributed by atoms with Crippen LogP contribution in [0.2, 0.25) is 0 Å². The van der Waals surface area contributed by atoms with E-state index in [2.05, 4.69) is 33.0 Å². The van der Waals surface area contributed by atoms with Gasteiger partial charge in [0.15, 0.2) is 5.82 Å². The van der Waals surface area contributed by atoms with E-state index in [9.17, 15) is 0 Å². The molecule has 1 unspecified atom stereocenters. The molecule has 116 valence electrons. The van der Waals surface area contributed by atoms with Crippen LogP contribution in [0.5, 0.6) is 0 Å². The van der Waals surface area contributed by atoms with Crippen molar-refractivity contribution >= 4 is 0 Å². The van der Waals surface area contributed by atoms with E-state index in [0.29, 0.717) is 24.5 Å². The third-order valence-corrected chi connectivity index (χ3v) is 4.41. The van der Waals surface area contributed by atoms with Gasteiger partial charge in [-0.05, 0) is 31.9 Å². The first-order valence-electron chi connectivity index (χ1n) is 7.88. The smallest absolute Gasteiger partial charge is 0.252 e. The van der Waals surface area contributed by atoms with E-state index in [-0.39, 0.29) is 6.10 Å². The molecule has 2 fully saturated rings. The molecule has 1 aliphatic carbocycles. The molecule has 6 nitrogen and oxygen atoms in total. The summed E-state index contributed by atoms with van der Waals surface area (Å²) in [7, 11) is 0. The van der Waals surface area contributed by atoms with Crippen LogP contribution in [-0.2, 0) is 11.3 Å². The number of pyridine rings is 1. The van der Waals surface area contributed by atoms with Crippen LogP contribution in [0.15, 0.2) is 28.9 Å². The summed E-state index contributed by atoms with van der Waals surface area (Å²) in [5, 5.41) is 4.00. The second-order valence-corrected chi connectivity index (χ2v) is 6.14. The van der Waals surface area contributed by atoms with Gasteiger partial charge >= 0.3 is 0 Å². The van der Waals surface area contributed by atoms with Gasteiger partial charge in [0, 0.05) is 31.2 Å². The lowest BCUT2D eigenvalue weighted by molar-refractivity contribution is -0.0833. The Hall–Kier alpha value is -1.79. The predicted octanol–water partition coefficient (Wildman–Crippen LogP) is 2.30. The summed E-state index contributed by atoms with van der Waals surface area (Å²) in [4.78, 5) is 11.1. The van der Waals surface area contributed by atoms with E-state index in [1.54, 1.807) is 0 Å². The monoisotopic (exact) mass is 300 g/mol. The fraction of sp³-hybridized carbons (Fsp3) is 0.562. The number of hydrogen-bond acceptors (Lipinski definition) is 6. The van der Waals surface area contributed by atoms with Gasteiger partial charge in [-0.2, -0.15) is 4.98 Å². The second kappa shape index (κ2) is 5.78. The molecule has 22 heavy (non-hydrogen) atoms. The van der Waals surface area contributed by atoms with Gasteiger partial charge in [-0.15, -0.1) is 0 Å². The van der Waals surface area contributed by atoms with E-state index < -0.39 is 0 Å². The Morgan fingerprint density at radius 3 is 2.95 bits per heavy atom. The van der Waals surface area contributed by atoms with Crippen LogP contribution in [0.3, 0.4) is 0 Å². The van der Waals surface area contributed by atoms with Crippen molar-refractivity contribution in [3.63, 3.8) is 0 Å². The van der Waals surface area contributed by atoms with Crippen molar-refractivity contribution in [3.05, 3.63) is 41.8 Å². The van der Waals surface area contributed by atoms with Crippen molar-refractivity contribution in [1.29, 1.82) is 0 Å². The predicted molar refractivity (Wildman–Crippen MR) is 79.1 cm³/mol. The molecular weight excluding hydrogens is 280 g/mol. The molecule has 6 heteroatoms. The summed E-state index contributed by atoms with van der Waals surface area (Å²) < 4.78 is 11.1. The largest absolute Gasteiger partial charge is 0.366 e. The number of rotatable bonds is 6. The minimum atomic E-state index is 0.238. The molecule has 2 aromatic rings. The summed E-state index contributed by atoms with van der Waals surface area (Å²) in [6.45, 7) is 4.43. The zero-order valence-corrected chi connectivity index (χ0v) is 12.7. The lowest BCUT2D eigenvalue weighted by Gasteiger charge is -2.42. The molecule has 0 aromatic carbocycles. The maximum absolute atomic E-state index is 5.84. The van der Waals surface area contributed by atoms with E-state index in [4.69, 9.17) is 9.26 Å². The van der Waals surface area contributed by atoms with Crippen LogP contribution in [0.25, 0.3) is 0 Å². The molecule has 1 aliphatic heterocycles.